The van der Waals surface area contributed by atoms with Crippen LogP contribution in [0.3, 0.4) is 0 Å². The summed E-state index contributed by atoms with van der Waals surface area (Å²) in [6.07, 6.45) is 0. The van der Waals surface area contributed by atoms with Crippen LogP contribution in [0, 0.1) is 42.9 Å². The Labute approximate surface area is 223 Å². The van der Waals surface area contributed by atoms with E-state index >= 15 is 0 Å². The van der Waals surface area contributed by atoms with Gasteiger partial charge in [-0.3, -0.25) is 9.48 Å². The van der Waals surface area contributed by atoms with Gasteiger partial charge in [-0.25, -0.2) is 22.0 Å². The van der Waals surface area contributed by atoms with Crippen LogP contribution in [-0.4, -0.2) is 15.7 Å². The molecular weight excluding hydrogens is 552 g/mol. The Morgan fingerprint density at radius 3 is 2.26 bits per heavy atom. The quantitative estimate of drug-likeness (QED) is 0.143. The number of hydrogen-bond acceptors (Lipinski definition) is 3. The van der Waals surface area contributed by atoms with Crippen LogP contribution in [0.5, 0.6) is 5.75 Å². The Bertz CT molecular complexity index is 1530. The smallest absolute Gasteiger partial charge is 0.255 e. The van der Waals surface area contributed by atoms with E-state index in [2.05, 4.69) is 10.4 Å². The van der Waals surface area contributed by atoms with Gasteiger partial charge in [-0.1, -0.05) is 41.4 Å². The second kappa shape index (κ2) is 11.0. The molecule has 0 saturated heterocycles. The molecule has 0 atom stereocenters. The number of ether oxygens (including phenoxy) is 1. The maximum absolute atomic E-state index is 14.2. The largest absolute Gasteiger partial charge is 0.487 e. The lowest BCUT2D eigenvalue weighted by atomic mass is 10.1. The summed E-state index contributed by atoms with van der Waals surface area (Å²) >= 11 is 12.1. The lowest BCUT2D eigenvalue weighted by Gasteiger charge is -2.11. The molecule has 5 nitrogen and oxygen atoms in total. The Morgan fingerprint density at radius 1 is 0.947 bits per heavy atom. The monoisotopic (exact) mass is 569 g/mol. The first-order valence-electron chi connectivity index (χ1n) is 11.0. The third-order valence-corrected chi connectivity index (χ3v) is 6.53. The van der Waals surface area contributed by atoms with Gasteiger partial charge < -0.3 is 10.1 Å². The summed E-state index contributed by atoms with van der Waals surface area (Å²) in [5, 5.41) is 7.38. The zero-order valence-electron chi connectivity index (χ0n) is 19.8. The van der Waals surface area contributed by atoms with E-state index < -0.39 is 47.1 Å². The average Bonchev–Trinajstić information content (AvgIpc) is 3.17. The van der Waals surface area contributed by atoms with Gasteiger partial charge >= 0.3 is 0 Å². The van der Waals surface area contributed by atoms with E-state index in [1.165, 1.54) is 13.8 Å². The van der Waals surface area contributed by atoms with Gasteiger partial charge in [-0.2, -0.15) is 5.10 Å². The van der Waals surface area contributed by atoms with Crippen molar-refractivity contribution in [3.63, 3.8) is 0 Å². The normalized spacial score (nSPS) is 11.1. The predicted octanol–water partition coefficient (Wildman–Crippen LogP) is 7.38. The van der Waals surface area contributed by atoms with E-state index in [4.69, 9.17) is 27.9 Å². The summed E-state index contributed by atoms with van der Waals surface area (Å²) in [5.41, 5.74) is 0.632. The highest BCUT2D eigenvalue weighted by Gasteiger charge is 2.27. The van der Waals surface area contributed by atoms with Gasteiger partial charge in [0.1, 0.15) is 17.4 Å². The van der Waals surface area contributed by atoms with Gasteiger partial charge in [0.15, 0.2) is 23.3 Å². The first-order chi connectivity index (χ1) is 18.0. The maximum Gasteiger partial charge on any atom is 0.255 e. The molecule has 0 unspecified atom stereocenters. The number of aryl methyl sites for hydroxylation is 1. The topological polar surface area (TPSA) is 56.2 Å². The Balaban J connectivity index is 1.52. The molecule has 0 fully saturated rings. The average molecular weight is 570 g/mol. The highest BCUT2D eigenvalue weighted by molar-refractivity contribution is 6.42. The van der Waals surface area contributed by atoms with E-state index in [9.17, 15) is 26.7 Å². The molecule has 4 rings (SSSR count). The van der Waals surface area contributed by atoms with Crippen molar-refractivity contribution in [1.82, 2.24) is 9.78 Å². The summed E-state index contributed by atoms with van der Waals surface area (Å²) < 4.78 is 75.6. The molecular formula is C26H18Cl2F5N3O2. The fourth-order valence-corrected chi connectivity index (χ4v) is 4.06. The van der Waals surface area contributed by atoms with Crippen LogP contribution in [0.25, 0.3) is 0 Å². The van der Waals surface area contributed by atoms with Crippen molar-refractivity contribution >= 4 is 34.8 Å². The second-order valence-corrected chi connectivity index (χ2v) is 9.03. The molecule has 0 aliphatic heterocycles. The number of halogens is 7. The summed E-state index contributed by atoms with van der Waals surface area (Å²) in [5.74, 6) is -10.4. The molecule has 1 amide bonds. The number of nitrogens with one attached hydrogen (secondary N) is 1. The number of aromatic nitrogens is 2. The van der Waals surface area contributed by atoms with E-state index in [1.807, 2.05) is 0 Å². The fraction of sp³-hybridized carbons (Fsp3) is 0.154. The summed E-state index contributed by atoms with van der Waals surface area (Å²) in [6, 6.07) is 11.5. The minimum Gasteiger partial charge on any atom is -0.487 e. The fourth-order valence-electron chi connectivity index (χ4n) is 3.72. The van der Waals surface area contributed by atoms with E-state index in [-0.39, 0.29) is 34.3 Å². The number of benzene rings is 3. The number of nitrogens with zero attached hydrogens (tertiary/aromatic N) is 2. The third-order valence-electron chi connectivity index (χ3n) is 5.73. The highest BCUT2D eigenvalue weighted by atomic mass is 35.5. The van der Waals surface area contributed by atoms with Crippen LogP contribution in [0.2, 0.25) is 10.0 Å². The van der Waals surface area contributed by atoms with Crippen molar-refractivity contribution in [3.8, 4) is 5.75 Å². The molecule has 12 heteroatoms. The molecule has 1 aromatic heterocycles. The number of carbonyl (C=O) groups excluding carboxylic acids is 1. The van der Waals surface area contributed by atoms with Crippen molar-refractivity contribution in [2.75, 3.05) is 5.32 Å². The number of carbonyl (C=O) groups is 1. The lowest BCUT2D eigenvalue weighted by Crippen LogP contribution is -2.15. The number of rotatable bonds is 7. The molecule has 0 aliphatic carbocycles. The minimum atomic E-state index is -2.24. The first-order valence-corrected chi connectivity index (χ1v) is 11.8. The van der Waals surface area contributed by atoms with E-state index in [1.54, 1.807) is 42.5 Å². The third kappa shape index (κ3) is 5.32. The number of anilines is 1. The molecule has 1 N–H and O–H groups in total. The summed E-state index contributed by atoms with van der Waals surface area (Å²) in [6.45, 7) is 2.36. The SMILES string of the molecule is Cc1nn(Cc2c(F)c(F)c(F)c(F)c2F)c(C)c1NC(=O)c1cccc(COc2cccc(Cl)c2Cl)c1. The van der Waals surface area contributed by atoms with Gasteiger partial charge in [-0.15, -0.1) is 0 Å². The van der Waals surface area contributed by atoms with Crippen molar-refractivity contribution in [3.05, 3.63) is 110 Å². The summed E-state index contributed by atoms with van der Waals surface area (Å²) in [4.78, 5) is 13.0. The van der Waals surface area contributed by atoms with Crippen LogP contribution in [-0.2, 0) is 13.2 Å². The molecule has 4 aromatic rings. The molecule has 198 valence electrons. The van der Waals surface area contributed by atoms with Crippen LogP contribution < -0.4 is 10.1 Å². The molecule has 0 radical (unpaired) electrons. The molecule has 0 bridgehead atoms. The zero-order valence-corrected chi connectivity index (χ0v) is 21.3. The molecule has 0 aliphatic rings. The molecule has 0 spiro atoms. The molecule has 38 heavy (non-hydrogen) atoms. The Morgan fingerprint density at radius 2 is 1.58 bits per heavy atom. The maximum atomic E-state index is 14.2. The van der Waals surface area contributed by atoms with Gasteiger partial charge in [0.25, 0.3) is 5.91 Å². The molecule has 1 heterocycles. The van der Waals surface area contributed by atoms with Crippen LogP contribution in [0.4, 0.5) is 27.6 Å². The minimum absolute atomic E-state index is 0.0963. The van der Waals surface area contributed by atoms with Crippen molar-refractivity contribution < 1.29 is 31.5 Å². The lowest BCUT2D eigenvalue weighted by molar-refractivity contribution is 0.102. The molecule has 0 saturated carbocycles. The van der Waals surface area contributed by atoms with Gasteiger partial charge in [0, 0.05) is 5.56 Å². The van der Waals surface area contributed by atoms with Crippen LogP contribution >= 0.6 is 23.2 Å². The van der Waals surface area contributed by atoms with Gasteiger partial charge in [0.05, 0.1) is 34.2 Å². The number of amides is 1. The predicted molar refractivity (Wildman–Crippen MR) is 132 cm³/mol. The van der Waals surface area contributed by atoms with E-state index in [0.717, 1.165) is 4.68 Å². The highest BCUT2D eigenvalue weighted by Crippen LogP contribution is 2.32. The van der Waals surface area contributed by atoms with Crippen LogP contribution in [0.15, 0.2) is 42.5 Å². The van der Waals surface area contributed by atoms with Crippen LogP contribution in [0.1, 0.15) is 32.9 Å². The van der Waals surface area contributed by atoms with Gasteiger partial charge in [-0.05, 0) is 43.7 Å². The Hall–Kier alpha value is -3.63. The second-order valence-electron chi connectivity index (χ2n) is 8.25. The zero-order chi connectivity index (χ0) is 27.7. The van der Waals surface area contributed by atoms with Crippen molar-refractivity contribution in [2.45, 2.75) is 27.0 Å². The molecule has 3 aromatic carbocycles. The summed E-state index contributed by atoms with van der Waals surface area (Å²) in [7, 11) is 0. The Kier molecular flexibility index (Phi) is 7.94. The first kappa shape index (κ1) is 27.4. The van der Waals surface area contributed by atoms with Crippen molar-refractivity contribution in [1.29, 1.82) is 0 Å². The standard InChI is InChI=1S/C26H18Cl2F5N3O2/c1-12-25(13(2)36(35-12)10-16-20(29)22(31)24(33)23(32)21(16)30)34-26(37)15-6-3-5-14(9-15)11-38-18-8-4-7-17(27)19(18)28/h3-9H,10-11H2,1-2H3,(H,34,37). The van der Waals surface area contributed by atoms with E-state index in [0.29, 0.717) is 16.3 Å². The van der Waals surface area contributed by atoms with Crippen molar-refractivity contribution in [2.24, 2.45) is 0 Å². The number of hydrogen-bond donors (Lipinski definition) is 1. The van der Waals surface area contributed by atoms with Gasteiger partial charge in [0.2, 0.25) is 5.82 Å².